The Bertz CT molecular complexity index is 581. The predicted octanol–water partition coefficient (Wildman–Crippen LogP) is -0.0559. The van der Waals surface area contributed by atoms with Crippen molar-refractivity contribution in [3.8, 4) is 5.75 Å². The van der Waals surface area contributed by atoms with Crippen molar-refractivity contribution >= 4 is 32.2 Å². The van der Waals surface area contributed by atoms with Crippen LogP contribution >= 0.6 is 0 Å². The molecule has 0 radical (unpaired) electrons. The van der Waals surface area contributed by atoms with Crippen molar-refractivity contribution in [1.82, 2.24) is 0 Å². The molecule has 0 unspecified atom stereocenters. The minimum Gasteiger partial charge on any atom is -0.492 e. The molecule has 1 rings (SSSR count). The lowest BCUT2D eigenvalue weighted by Crippen LogP contribution is -1.97. The van der Waals surface area contributed by atoms with E-state index in [1.165, 1.54) is 0 Å². The average Bonchev–Trinajstić information content (AvgIpc) is 2.17. The first-order chi connectivity index (χ1) is 9.24. The van der Waals surface area contributed by atoms with Crippen LogP contribution in [0.15, 0.2) is 18.2 Å². The Labute approximate surface area is 121 Å². The molecule has 0 atom stereocenters. The molecule has 124 valence electrons. The largest absolute Gasteiger partial charge is 0.492 e. The maximum absolute atomic E-state index is 8.74. The molecule has 21 heavy (non-hydrogen) atoms. The average molecular weight is 348 g/mol. The van der Waals surface area contributed by atoms with Gasteiger partial charge in [-0.2, -0.15) is 16.8 Å². The Morgan fingerprint density at radius 1 is 1.00 bits per heavy atom. The molecule has 0 aliphatic carbocycles. The van der Waals surface area contributed by atoms with Gasteiger partial charge in [0.25, 0.3) is 0 Å². The zero-order valence-electron chi connectivity index (χ0n) is 10.7. The highest BCUT2D eigenvalue weighted by molar-refractivity contribution is 7.80. The molecule has 0 spiro atoms. The van der Waals surface area contributed by atoms with Gasteiger partial charge in [0.1, 0.15) is 5.75 Å². The highest BCUT2D eigenvalue weighted by Gasteiger charge is 1.97. The Balaban J connectivity index is 0. The fraction of sp³-hybridized carbons (Fsp3) is 0.250. The third-order valence-corrected chi connectivity index (χ3v) is 1.33. The standard InChI is InChI=1S/C8H12N2O.2H2O4S/c1-2-11-8-4-3-6(9)5-7(8)10;2*1-5(2,3)4/h3-5H,2,9-10H2,1H3;2*(H2,1,2,3,4). The van der Waals surface area contributed by atoms with E-state index < -0.39 is 20.8 Å². The molecule has 0 aliphatic rings. The first-order valence-corrected chi connectivity index (χ1v) is 7.71. The molecule has 11 nitrogen and oxygen atoms in total. The summed E-state index contributed by atoms with van der Waals surface area (Å²) >= 11 is 0. The van der Waals surface area contributed by atoms with E-state index in [1.54, 1.807) is 18.2 Å². The molecule has 13 heteroatoms. The summed E-state index contributed by atoms with van der Waals surface area (Å²) in [5, 5.41) is 0. The zero-order chi connectivity index (χ0) is 17.3. The number of nitrogen functional groups attached to an aromatic ring is 2. The fourth-order valence-electron chi connectivity index (χ4n) is 0.854. The topological polar surface area (TPSA) is 210 Å². The van der Waals surface area contributed by atoms with Crippen molar-refractivity contribution in [1.29, 1.82) is 0 Å². The van der Waals surface area contributed by atoms with E-state index in [4.69, 9.17) is 51.3 Å². The summed E-state index contributed by atoms with van der Waals surface area (Å²) in [4.78, 5) is 0. The van der Waals surface area contributed by atoms with Gasteiger partial charge in [-0.3, -0.25) is 18.2 Å². The molecule has 1 aromatic rings. The highest BCUT2D eigenvalue weighted by atomic mass is 32.3. The van der Waals surface area contributed by atoms with Gasteiger partial charge in [0.15, 0.2) is 0 Å². The summed E-state index contributed by atoms with van der Waals surface area (Å²) in [6.07, 6.45) is 0. The van der Waals surface area contributed by atoms with Crippen LogP contribution in [-0.4, -0.2) is 41.7 Å². The van der Waals surface area contributed by atoms with E-state index >= 15 is 0 Å². The molecular weight excluding hydrogens is 332 g/mol. The smallest absolute Gasteiger partial charge is 0.394 e. The lowest BCUT2D eigenvalue weighted by molar-refractivity contribution is 0.342. The summed E-state index contributed by atoms with van der Waals surface area (Å²) < 4.78 is 68.4. The minimum atomic E-state index is -4.67. The van der Waals surface area contributed by atoms with Gasteiger partial charge >= 0.3 is 20.8 Å². The second kappa shape index (κ2) is 9.32. The van der Waals surface area contributed by atoms with E-state index in [0.29, 0.717) is 23.7 Å². The van der Waals surface area contributed by atoms with Crippen molar-refractivity contribution in [2.45, 2.75) is 6.92 Å². The van der Waals surface area contributed by atoms with Crippen LogP contribution in [0.4, 0.5) is 11.4 Å². The third-order valence-electron chi connectivity index (χ3n) is 1.33. The monoisotopic (exact) mass is 348 g/mol. The maximum atomic E-state index is 8.74. The molecule has 0 aliphatic heterocycles. The molecule has 8 N–H and O–H groups in total. The molecule has 0 heterocycles. The van der Waals surface area contributed by atoms with E-state index in [9.17, 15) is 0 Å². The number of hydrogen-bond acceptors (Lipinski definition) is 7. The van der Waals surface area contributed by atoms with Gasteiger partial charge in [0, 0.05) is 5.69 Å². The van der Waals surface area contributed by atoms with E-state index in [0.717, 1.165) is 0 Å². The van der Waals surface area contributed by atoms with Gasteiger partial charge in [-0.15, -0.1) is 0 Å². The van der Waals surface area contributed by atoms with Gasteiger partial charge in [-0.25, -0.2) is 0 Å². The van der Waals surface area contributed by atoms with Crippen molar-refractivity contribution in [3.05, 3.63) is 18.2 Å². The van der Waals surface area contributed by atoms with Crippen LogP contribution in [-0.2, 0) is 20.8 Å². The number of ether oxygens (including phenoxy) is 1. The Morgan fingerprint density at radius 3 is 1.67 bits per heavy atom. The van der Waals surface area contributed by atoms with Crippen molar-refractivity contribution < 1.29 is 39.8 Å². The van der Waals surface area contributed by atoms with E-state index in [-0.39, 0.29) is 0 Å². The zero-order valence-corrected chi connectivity index (χ0v) is 12.4. The highest BCUT2D eigenvalue weighted by Crippen LogP contribution is 2.22. The van der Waals surface area contributed by atoms with Gasteiger partial charge < -0.3 is 16.2 Å². The van der Waals surface area contributed by atoms with Gasteiger partial charge in [-0.1, -0.05) is 0 Å². The number of nitrogens with two attached hydrogens (primary N) is 2. The van der Waals surface area contributed by atoms with Crippen molar-refractivity contribution in [2.75, 3.05) is 18.1 Å². The summed E-state index contributed by atoms with van der Waals surface area (Å²) in [5.41, 5.74) is 12.3. The van der Waals surface area contributed by atoms with Crippen molar-refractivity contribution in [3.63, 3.8) is 0 Å². The van der Waals surface area contributed by atoms with E-state index in [2.05, 4.69) is 0 Å². The number of anilines is 2. The van der Waals surface area contributed by atoms with Crippen LogP contribution in [0, 0.1) is 0 Å². The first kappa shape index (κ1) is 21.7. The van der Waals surface area contributed by atoms with Crippen LogP contribution in [0.5, 0.6) is 5.75 Å². The van der Waals surface area contributed by atoms with Gasteiger partial charge in [0.05, 0.1) is 12.3 Å². The predicted molar refractivity (Wildman–Crippen MR) is 74.8 cm³/mol. The molecule has 0 saturated carbocycles. The van der Waals surface area contributed by atoms with Crippen molar-refractivity contribution in [2.24, 2.45) is 0 Å². The summed E-state index contributed by atoms with van der Waals surface area (Å²) in [6, 6.07) is 5.22. The van der Waals surface area contributed by atoms with Crippen LogP contribution in [0.2, 0.25) is 0 Å². The lowest BCUT2D eigenvalue weighted by atomic mass is 10.2. The lowest BCUT2D eigenvalue weighted by Gasteiger charge is -2.06. The SMILES string of the molecule is CCOc1ccc(N)cc1N.O=S(=O)(O)O.O=S(=O)(O)O. The summed E-state index contributed by atoms with van der Waals surface area (Å²) in [7, 11) is -9.33. The second-order valence-electron chi connectivity index (χ2n) is 3.13. The fourth-order valence-corrected chi connectivity index (χ4v) is 0.854. The number of rotatable bonds is 2. The third kappa shape index (κ3) is 23.8. The molecule has 0 saturated heterocycles. The quantitative estimate of drug-likeness (QED) is 0.308. The minimum absolute atomic E-state index is 0.590. The Kier molecular flexibility index (Phi) is 9.62. The second-order valence-corrected chi connectivity index (χ2v) is 4.92. The van der Waals surface area contributed by atoms with Crippen LogP contribution in [0.3, 0.4) is 0 Å². The van der Waals surface area contributed by atoms with Gasteiger partial charge in [-0.05, 0) is 25.1 Å². The molecule has 0 bridgehead atoms. The Hall–Kier alpha value is -1.64. The van der Waals surface area contributed by atoms with Crippen LogP contribution < -0.4 is 16.2 Å². The molecule has 0 amide bonds. The first-order valence-electron chi connectivity index (χ1n) is 4.91. The Morgan fingerprint density at radius 2 is 1.38 bits per heavy atom. The number of hydrogen-bond donors (Lipinski definition) is 6. The van der Waals surface area contributed by atoms with E-state index in [1.807, 2.05) is 6.92 Å². The molecular formula is C8H16N2O9S2. The van der Waals surface area contributed by atoms with Gasteiger partial charge in [0.2, 0.25) is 0 Å². The maximum Gasteiger partial charge on any atom is 0.394 e. The molecule has 1 aromatic carbocycles. The number of benzene rings is 1. The molecule has 0 fully saturated rings. The van der Waals surface area contributed by atoms with Crippen LogP contribution in [0.25, 0.3) is 0 Å². The summed E-state index contributed by atoms with van der Waals surface area (Å²) in [6.45, 7) is 2.53. The van der Waals surface area contributed by atoms with Crippen LogP contribution in [0.1, 0.15) is 6.92 Å². The summed E-state index contributed by atoms with van der Waals surface area (Å²) in [5.74, 6) is 0.696. The molecule has 0 aromatic heterocycles. The normalized spacial score (nSPS) is 10.5.